The molecule has 0 aliphatic carbocycles. The summed E-state index contributed by atoms with van der Waals surface area (Å²) < 4.78 is 20.7. The fourth-order valence-electron chi connectivity index (χ4n) is 4.11. The summed E-state index contributed by atoms with van der Waals surface area (Å²) in [6.45, 7) is 8.72. The van der Waals surface area contributed by atoms with E-state index in [0.717, 1.165) is 0 Å². The van der Waals surface area contributed by atoms with Crippen molar-refractivity contribution in [3.05, 3.63) is 17.8 Å². The van der Waals surface area contributed by atoms with E-state index in [9.17, 15) is 14.3 Å². The monoisotopic (exact) mass is 394 g/mol. The van der Waals surface area contributed by atoms with Crippen LogP contribution in [-0.2, 0) is 16.0 Å². The number of anilines is 1. The topological polar surface area (TPSA) is 87.6 Å². The summed E-state index contributed by atoms with van der Waals surface area (Å²) >= 11 is 0. The molecule has 1 aromatic heterocycles. The molecule has 0 bridgehead atoms. The first kappa shape index (κ1) is 20.9. The first-order valence-corrected chi connectivity index (χ1v) is 10.1. The lowest BCUT2D eigenvalue weighted by atomic mass is 9.75. The van der Waals surface area contributed by atoms with E-state index in [0.29, 0.717) is 50.3 Å². The van der Waals surface area contributed by atoms with Crippen LogP contribution in [0.4, 0.5) is 10.2 Å². The van der Waals surface area contributed by atoms with Crippen molar-refractivity contribution in [3.8, 4) is 0 Å². The van der Waals surface area contributed by atoms with Crippen molar-refractivity contribution in [3.63, 3.8) is 0 Å². The van der Waals surface area contributed by atoms with Crippen LogP contribution in [0.1, 0.15) is 52.7 Å². The Bertz CT molecular complexity index is 717. The Balaban J connectivity index is 1.65. The van der Waals surface area contributed by atoms with Gasteiger partial charge in [0.15, 0.2) is 11.6 Å². The van der Waals surface area contributed by atoms with E-state index in [2.05, 4.69) is 15.3 Å². The lowest BCUT2D eigenvalue weighted by Crippen LogP contribution is -2.64. The smallest absolute Gasteiger partial charge is 0.222 e. The van der Waals surface area contributed by atoms with Gasteiger partial charge in [0.25, 0.3) is 0 Å². The zero-order valence-electron chi connectivity index (χ0n) is 17.2. The maximum Gasteiger partial charge on any atom is 0.222 e. The average molecular weight is 394 g/mol. The highest BCUT2D eigenvalue weighted by atomic mass is 19.1. The Morgan fingerprint density at radius 3 is 2.68 bits per heavy atom. The van der Waals surface area contributed by atoms with E-state index < -0.39 is 17.2 Å². The summed E-state index contributed by atoms with van der Waals surface area (Å²) in [5.74, 6) is -0.253. The third-order valence-electron chi connectivity index (χ3n) is 5.98. The minimum atomic E-state index is -1.06. The van der Waals surface area contributed by atoms with E-state index in [1.54, 1.807) is 6.92 Å². The molecule has 1 amide bonds. The van der Waals surface area contributed by atoms with Crippen molar-refractivity contribution in [2.75, 3.05) is 24.6 Å². The summed E-state index contributed by atoms with van der Waals surface area (Å²) in [6.07, 6.45) is 3.70. The fourth-order valence-corrected chi connectivity index (χ4v) is 4.11. The number of carbonyl (C=O) groups excluding carboxylic acids is 1. The second-order valence-electron chi connectivity index (χ2n) is 8.54. The van der Waals surface area contributed by atoms with Gasteiger partial charge < -0.3 is 20.1 Å². The van der Waals surface area contributed by atoms with Gasteiger partial charge in [-0.3, -0.25) is 4.79 Å². The molecule has 0 radical (unpaired) electrons. The van der Waals surface area contributed by atoms with Crippen LogP contribution in [-0.4, -0.2) is 57.9 Å². The predicted octanol–water partition coefficient (Wildman–Crippen LogP) is 1.83. The quantitative estimate of drug-likeness (QED) is 0.810. The summed E-state index contributed by atoms with van der Waals surface area (Å²) in [5.41, 5.74) is -1.10. The zero-order valence-corrected chi connectivity index (χ0v) is 17.2. The number of nitrogens with one attached hydrogen (secondary N) is 1. The second-order valence-corrected chi connectivity index (χ2v) is 8.54. The largest absolute Gasteiger partial charge is 0.388 e. The number of aryl methyl sites for hydroxylation is 1. The molecule has 0 unspecified atom stereocenters. The molecule has 2 saturated heterocycles. The summed E-state index contributed by atoms with van der Waals surface area (Å²) in [5, 5.41) is 13.9. The van der Waals surface area contributed by atoms with E-state index in [1.807, 2.05) is 25.7 Å². The normalized spacial score (nSPS) is 27.2. The Kier molecular flexibility index (Phi) is 5.91. The van der Waals surface area contributed by atoms with Gasteiger partial charge in [-0.05, 0) is 26.2 Å². The highest BCUT2D eigenvalue weighted by Gasteiger charge is 2.49. The van der Waals surface area contributed by atoms with Crippen LogP contribution in [0.2, 0.25) is 0 Å². The van der Waals surface area contributed by atoms with Crippen molar-refractivity contribution in [1.82, 2.24) is 15.3 Å². The van der Waals surface area contributed by atoms with Gasteiger partial charge in [0.2, 0.25) is 5.91 Å². The average Bonchev–Trinajstić information content (AvgIpc) is 2.64. The molecule has 1 spiro atoms. The molecule has 3 rings (SSSR count). The molecule has 1 aromatic rings. The van der Waals surface area contributed by atoms with Crippen molar-refractivity contribution in [2.45, 2.75) is 70.6 Å². The zero-order chi connectivity index (χ0) is 20.5. The molecule has 156 valence electrons. The molecule has 0 aromatic carbocycles. The number of nitrogens with zero attached hydrogens (tertiary/aromatic N) is 3. The minimum Gasteiger partial charge on any atom is -0.388 e. The molecule has 0 saturated carbocycles. The standard InChI is InChI=1S/C20H31FN4O3/c1-5-14-16(21)17(23-12-22-14)25-8-6-20(7-9-25)11-19(4,27)15(10-28-20)24-18(26)13(2)3/h12-13,15,27H,5-11H2,1-4H3,(H,24,26)/t15-,19-/m0/s1. The number of rotatable bonds is 4. The molecular weight excluding hydrogens is 363 g/mol. The number of hydrogen-bond donors (Lipinski definition) is 2. The van der Waals surface area contributed by atoms with Crippen LogP contribution in [0, 0.1) is 11.7 Å². The fraction of sp³-hybridized carbons (Fsp3) is 0.750. The molecular formula is C20H31FN4O3. The number of halogens is 1. The van der Waals surface area contributed by atoms with E-state index in [1.165, 1.54) is 6.33 Å². The van der Waals surface area contributed by atoms with Gasteiger partial charge in [0, 0.05) is 25.4 Å². The molecule has 2 aliphatic heterocycles. The van der Waals surface area contributed by atoms with Gasteiger partial charge in [0.1, 0.15) is 6.33 Å². The number of ether oxygens (including phenoxy) is 1. The van der Waals surface area contributed by atoms with Gasteiger partial charge in [0.05, 0.1) is 29.5 Å². The molecule has 2 atom stereocenters. The van der Waals surface area contributed by atoms with Crippen LogP contribution < -0.4 is 10.2 Å². The molecule has 7 nitrogen and oxygen atoms in total. The highest BCUT2D eigenvalue weighted by Crippen LogP contribution is 2.40. The SMILES string of the molecule is CCc1ncnc(N2CCC3(CC2)C[C@](C)(O)[C@@H](NC(=O)C(C)C)CO3)c1F. The number of piperidine rings is 1. The highest BCUT2D eigenvalue weighted by molar-refractivity contribution is 5.78. The van der Waals surface area contributed by atoms with Crippen LogP contribution in [0.3, 0.4) is 0 Å². The van der Waals surface area contributed by atoms with Gasteiger partial charge in [-0.2, -0.15) is 0 Å². The van der Waals surface area contributed by atoms with E-state index >= 15 is 0 Å². The minimum absolute atomic E-state index is 0.0920. The Labute approximate surface area is 165 Å². The van der Waals surface area contributed by atoms with Crippen LogP contribution in [0.25, 0.3) is 0 Å². The Morgan fingerprint density at radius 1 is 1.43 bits per heavy atom. The number of carbonyl (C=O) groups is 1. The van der Waals surface area contributed by atoms with Crippen molar-refractivity contribution >= 4 is 11.7 Å². The van der Waals surface area contributed by atoms with Gasteiger partial charge >= 0.3 is 0 Å². The number of hydrogen-bond acceptors (Lipinski definition) is 6. The number of amides is 1. The van der Waals surface area contributed by atoms with E-state index in [-0.39, 0.29) is 24.2 Å². The third-order valence-corrected chi connectivity index (χ3v) is 5.98. The number of aromatic nitrogens is 2. The third kappa shape index (κ3) is 4.12. The predicted molar refractivity (Wildman–Crippen MR) is 104 cm³/mol. The van der Waals surface area contributed by atoms with Crippen molar-refractivity contribution in [1.29, 1.82) is 0 Å². The Morgan fingerprint density at radius 2 is 2.11 bits per heavy atom. The summed E-state index contributed by atoms with van der Waals surface area (Å²) in [4.78, 5) is 22.1. The van der Waals surface area contributed by atoms with Gasteiger partial charge in [-0.15, -0.1) is 0 Å². The first-order chi connectivity index (χ1) is 13.2. The Hall–Kier alpha value is -1.80. The maximum atomic E-state index is 14.6. The lowest BCUT2D eigenvalue weighted by Gasteiger charge is -2.51. The molecule has 2 N–H and O–H groups in total. The first-order valence-electron chi connectivity index (χ1n) is 10.1. The lowest BCUT2D eigenvalue weighted by molar-refractivity contribution is -0.181. The summed E-state index contributed by atoms with van der Waals surface area (Å²) in [6, 6.07) is -0.433. The van der Waals surface area contributed by atoms with Gasteiger partial charge in [-0.1, -0.05) is 20.8 Å². The van der Waals surface area contributed by atoms with Crippen LogP contribution in [0.5, 0.6) is 0 Å². The summed E-state index contributed by atoms with van der Waals surface area (Å²) in [7, 11) is 0. The molecule has 2 fully saturated rings. The van der Waals surface area contributed by atoms with Crippen LogP contribution >= 0.6 is 0 Å². The van der Waals surface area contributed by atoms with Crippen molar-refractivity contribution in [2.24, 2.45) is 5.92 Å². The maximum absolute atomic E-state index is 14.6. The van der Waals surface area contributed by atoms with E-state index in [4.69, 9.17) is 4.74 Å². The van der Waals surface area contributed by atoms with Crippen molar-refractivity contribution < 1.29 is 19.0 Å². The molecule has 3 heterocycles. The second kappa shape index (κ2) is 7.91. The number of aliphatic hydroxyl groups is 1. The molecule has 8 heteroatoms. The molecule has 28 heavy (non-hydrogen) atoms. The molecule has 2 aliphatic rings. The van der Waals surface area contributed by atoms with Crippen LogP contribution in [0.15, 0.2) is 6.33 Å². The van der Waals surface area contributed by atoms with Gasteiger partial charge in [-0.25, -0.2) is 14.4 Å².